The van der Waals surface area contributed by atoms with E-state index >= 15 is 0 Å². The fourth-order valence-electron chi connectivity index (χ4n) is 6.18. The lowest BCUT2D eigenvalue weighted by Crippen LogP contribution is -2.27. The highest BCUT2D eigenvalue weighted by Crippen LogP contribution is 2.44. The van der Waals surface area contributed by atoms with Gasteiger partial charge in [-0.15, -0.1) is 0 Å². The molecule has 2 aromatic rings. The van der Waals surface area contributed by atoms with E-state index in [-0.39, 0.29) is 12.5 Å². The number of esters is 1. The monoisotopic (exact) mass is 940 g/mol. The molecular formula is C48H77NO17. The van der Waals surface area contributed by atoms with Gasteiger partial charge in [0.1, 0.15) is 18.8 Å². The number of rotatable bonds is 44. The molecule has 1 N–H and O–H groups in total. The summed E-state index contributed by atoms with van der Waals surface area (Å²) in [5.74, 6) is -0.348. The van der Waals surface area contributed by atoms with Crippen LogP contribution in [0.4, 0.5) is 4.79 Å². The summed E-state index contributed by atoms with van der Waals surface area (Å²) in [6, 6.07) is 16.6. The van der Waals surface area contributed by atoms with Gasteiger partial charge in [0.2, 0.25) is 0 Å². The number of carbonyl (C=O) groups is 2. The van der Waals surface area contributed by atoms with Crippen molar-refractivity contribution in [2.45, 2.75) is 38.7 Å². The molecule has 66 heavy (non-hydrogen) atoms. The summed E-state index contributed by atoms with van der Waals surface area (Å²) in [6.07, 6.45) is 0.258. The zero-order valence-corrected chi connectivity index (χ0v) is 39.6. The summed E-state index contributed by atoms with van der Waals surface area (Å²) < 4.78 is 82.0. The van der Waals surface area contributed by atoms with Crippen molar-refractivity contribution < 1.29 is 80.6 Å². The molecule has 18 nitrogen and oxygen atoms in total. The van der Waals surface area contributed by atoms with Crippen molar-refractivity contribution in [3.63, 3.8) is 0 Å². The van der Waals surface area contributed by atoms with E-state index in [0.717, 1.165) is 0 Å². The Morgan fingerprint density at radius 2 is 0.742 bits per heavy atom. The molecule has 0 radical (unpaired) electrons. The fourth-order valence-corrected chi connectivity index (χ4v) is 6.18. The maximum Gasteiger partial charge on any atom is 0.407 e. The van der Waals surface area contributed by atoms with Gasteiger partial charge in [0.25, 0.3) is 0 Å². The van der Waals surface area contributed by atoms with Gasteiger partial charge in [0.15, 0.2) is 0 Å². The van der Waals surface area contributed by atoms with E-state index in [1.54, 1.807) is 0 Å². The maximum atomic E-state index is 12.3. The third kappa shape index (κ3) is 29.4. The largest absolute Gasteiger partial charge is 0.458 e. The van der Waals surface area contributed by atoms with Crippen molar-refractivity contribution >= 4 is 12.1 Å². The van der Waals surface area contributed by atoms with E-state index in [1.807, 2.05) is 45.0 Å². The molecule has 0 aromatic heterocycles. The molecule has 0 saturated carbocycles. The van der Waals surface area contributed by atoms with Crippen LogP contribution in [0.25, 0.3) is 11.1 Å². The van der Waals surface area contributed by atoms with E-state index in [9.17, 15) is 9.59 Å². The average Bonchev–Trinajstić information content (AvgIpc) is 3.62. The number of hydrogen-bond donors (Lipinski definition) is 1. The molecule has 0 heterocycles. The minimum Gasteiger partial charge on any atom is -0.458 e. The van der Waals surface area contributed by atoms with Gasteiger partial charge in [-0.2, -0.15) is 0 Å². The molecule has 0 bridgehead atoms. The molecule has 1 aliphatic carbocycles. The van der Waals surface area contributed by atoms with Crippen molar-refractivity contribution in [2.24, 2.45) is 0 Å². The molecule has 376 valence electrons. The molecule has 1 amide bonds. The summed E-state index contributed by atoms with van der Waals surface area (Å²) in [7, 11) is 0. The number of ether oxygens (including phenoxy) is 15. The molecule has 0 aliphatic heterocycles. The number of alkyl carbamates (subject to hydrolysis) is 1. The predicted octanol–water partition coefficient (Wildman–Crippen LogP) is 4.47. The Morgan fingerprint density at radius 3 is 1.08 bits per heavy atom. The highest BCUT2D eigenvalue weighted by Gasteiger charge is 2.29. The van der Waals surface area contributed by atoms with Crippen molar-refractivity contribution in [1.82, 2.24) is 5.32 Å². The molecule has 0 spiro atoms. The normalized spacial score (nSPS) is 12.3. The van der Waals surface area contributed by atoms with Crippen LogP contribution in [-0.4, -0.2) is 203 Å². The molecule has 0 atom stereocenters. The summed E-state index contributed by atoms with van der Waals surface area (Å²) in [5.41, 5.74) is 4.27. The van der Waals surface area contributed by atoms with Crippen molar-refractivity contribution in [1.29, 1.82) is 0 Å². The molecule has 18 heteroatoms. The minimum atomic E-state index is -0.519. The first kappa shape index (κ1) is 57.0. The van der Waals surface area contributed by atoms with Gasteiger partial charge in [0, 0.05) is 19.1 Å². The van der Waals surface area contributed by atoms with Crippen molar-refractivity contribution in [3.05, 3.63) is 59.7 Å². The van der Waals surface area contributed by atoms with Crippen LogP contribution in [0.15, 0.2) is 48.5 Å². The second-order valence-corrected chi connectivity index (χ2v) is 15.6. The number of hydrogen-bond acceptors (Lipinski definition) is 17. The Balaban J connectivity index is 0.906. The quantitative estimate of drug-likeness (QED) is 0.0724. The third-order valence-electron chi connectivity index (χ3n) is 9.18. The van der Waals surface area contributed by atoms with Gasteiger partial charge in [-0.1, -0.05) is 48.5 Å². The fraction of sp³-hybridized carbons (Fsp3) is 0.708. The van der Waals surface area contributed by atoms with Crippen molar-refractivity contribution in [3.8, 4) is 11.1 Å². The highest BCUT2D eigenvalue weighted by atomic mass is 16.6. The molecule has 3 rings (SSSR count). The Hall–Kier alpha value is -3.34. The first-order valence-corrected chi connectivity index (χ1v) is 23.2. The summed E-state index contributed by atoms with van der Waals surface area (Å²) in [4.78, 5) is 23.8. The molecule has 0 saturated heterocycles. The number of fused-ring (bicyclic) bond motifs is 3. The van der Waals surface area contributed by atoms with Crippen LogP contribution in [0.3, 0.4) is 0 Å². The van der Waals surface area contributed by atoms with E-state index in [2.05, 4.69) is 29.6 Å². The van der Waals surface area contributed by atoms with Crippen LogP contribution in [0.2, 0.25) is 0 Å². The van der Waals surface area contributed by atoms with E-state index in [4.69, 9.17) is 71.1 Å². The van der Waals surface area contributed by atoms with E-state index < -0.39 is 17.7 Å². The Labute approximate surface area is 391 Å². The van der Waals surface area contributed by atoms with E-state index in [0.29, 0.717) is 185 Å². The maximum absolute atomic E-state index is 12.3. The van der Waals surface area contributed by atoms with Gasteiger partial charge in [-0.3, -0.25) is 0 Å². The van der Waals surface area contributed by atoms with Gasteiger partial charge < -0.3 is 76.4 Å². The number of carbonyl (C=O) groups excluding carboxylic acids is 2. The molecule has 2 aromatic carbocycles. The second-order valence-electron chi connectivity index (χ2n) is 15.6. The highest BCUT2D eigenvalue weighted by molar-refractivity contribution is 5.79. The predicted molar refractivity (Wildman–Crippen MR) is 244 cm³/mol. The van der Waals surface area contributed by atoms with Gasteiger partial charge >= 0.3 is 12.1 Å². The lowest BCUT2D eigenvalue weighted by atomic mass is 9.98. The Bertz CT molecular complexity index is 1450. The average molecular weight is 940 g/mol. The first-order valence-electron chi connectivity index (χ1n) is 23.2. The van der Waals surface area contributed by atoms with Crippen LogP contribution in [0, 0.1) is 0 Å². The van der Waals surface area contributed by atoms with Crippen molar-refractivity contribution in [2.75, 3.05) is 185 Å². The summed E-state index contributed by atoms with van der Waals surface area (Å²) >= 11 is 0. The second kappa shape index (κ2) is 38.6. The third-order valence-corrected chi connectivity index (χ3v) is 9.18. The lowest BCUT2D eigenvalue weighted by Gasteiger charge is -2.19. The van der Waals surface area contributed by atoms with Crippen LogP contribution in [0.5, 0.6) is 0 Å². The summed E-state index contributed by atoms with van der Waals surface area (Å²) in [6.45, 7) is 17.7. The Morgan fingerprint density at radius 1 is 0.439 bits per heavy atom. The molecule has 0 unspecified atom stereocenters. The molecule has 0 fully saturated rings. The van der Waals surface area contributed by atoms with Crippen LogP contribution >= 0.6 is 0 Å². The molecular weight excluding hydrogens is 863 g/mol. The van der Waals surface area contributed by atoms with Crippen LogP contribution < -0.4 is 5.32 Å². The number of benzene rings is 2. The van der Waals surface area contributed by atoms with Gasteiger partial charge in [-0.05, 0) is 49.4 Å². The minimum absolute atomic E-state index is 0.0435. The smallest absolute Gasteiger partial charge is 0.407 e. The van der Waals surface area contributed by atoms with E-state index in [1.165, 1.54) is 22.3 Å². The standard InChI is InChI=1S/C48H77NO17/c1-48(2,3)66-46(50)40-64-38-37-63-36-35-62-34-33-61-32-31-60-30-29-59-28-27-58-26-25-57-24-23-56-22-21-55-20-19-54-18-17-53-16-15-52-14-8-13-49-47(51)65-39-45-43-11-6-4-9-41(43)42-10-5-7-12-44(42)45/h4-7,9-12,45H,8,13-40H2,1-3H3,(H,49,51). The van der Waals surface area contributed by atoms with Crippen LogP contribution in [0.1, 0.15) is 44.2 Å². The topological polar surface area (TPSA) is 185 Å². The summed E-state index contributed by atoms with van der Waals surface area (Å²) in [5, 5.41) is 2.81. The first-order chi connectivity index (χ1) is 32.3. The zero-order valence-electron chi connectivity index (χ0n) is 39.6. The number of amides is 1. The van der Waals surface area contributed by atoms with Gasteiger partial charge in [0.05, 0.1) is 159 Å². The van der Waals surface area contributed by atoms with Crippen LogP contribution in [-0.2, 0) is 75.8 Å². The lowest BCUT2D eigenvalue weighted by molar-refractivity contribution is -0.160. The Kier molecular flexibility index (Phi) is 33.3. The SMILES string of the molecule is CC(C)(C)OC(=O)COCCOCCOCCOCCOCCOCCOCCOCCOCCOCCOCCOCCOCCCNC(=O)OCC1c2ccccc2-c2ccccc21. The number of nitrogens with one attached hydrogen (secondary N) is 1. The molecule has 1 aliphatic rings. The van der Waals surface area contributed by atoms with Gasteiger partial charge in [-0.25, -0.2) is 9.59 Å². The zero-order chi connectivity index (χ0) is 47.0.